The molecule has 2 rings (SSSR count). The van der Waals surface area contributed by atoms with Crippen molar-refractivity contribution in [1.29, 1.82) is 0 Å². The van der Waals surface area contributed by atoms with Gasteiger partial charge in [0.25, 0.3) is 0 Å². The summed E-state index contributed by atoms with van der Waals surface area (Å²) in [5.74, 6) is -0.572. The third-order valence-corrected chi connectivity index (χ3v) is 2.66. The van der Waals surface area contributed by atoms with E-state index in [1.54, 1.807) is 6.07 Å². The van der Waals surface area contributed by atoms with Gasteiger partial charge in [-0.1, -0.05) is 11.6 Å². The monoisotopic (exact) mass is 227 g/mol. The summed E-state index contributed by atoms with van der Waals surface area (Å²) in [5, 5.41) is 9.36. The van der Waals surface area contributed by atoms with E-state index in [-0.39, 0.29) is 11.6 Å². The lowest BCUT2D eigenvalue weighted by atomic mass is 10.1. The van der Waals surface area contributed by atoms with Crippen molar-refractivity contribution >= 4 is 17.6 Å². The first kappa shape index (κ1) is 10.2. The molecule has 1 heterocycles. The van der Waals surface area contributed by atoms with Crippen LogP contribution in [0.5, 0.6) is 5.88 Å². The number of nitrogens with zero attached hydrogens (tertiary/aromatic N) is 1. The van der Waals surface area contributed by atoms with Gasteiger partial charge in [0, 0.05) is 0 Å². The molecule has 0 spiro atoms. The van der Waals surface area contributed by atoms with E-state index >= 15 is 0 Å². The molecule has 1 aliphatic carbocycles. The highest BCUT2D eigenvalue weighted by atomic mass is 35.5. The van der Waals surface area contributed by atoms with Crippen molar-refractivity contribution in [2.45, 2.75) is 18.8 Å². The van der Waals surface area contributed by atoms with Gasteiger partial charge in [-0.3, -0.25) is 0 Å². The third-order valence-electron chi connectivity index (χ3n) is 2.39. The fourth-order valence-corrected chi connectivity index (χ4v) is 1.74. The summed E-state index contributed by atoms with van der Waals surface area (Å²) in [6.45, 7) is 0. The summed E-state index contributed by atoms with van der Waals surface area (Å²) in [4.78, 5) is 14.9. The molecule has 0 amide bonds. The number of carboxylic acids is 1. The Morgan fingerprint density at radius 3 is 2.80 bits per heavy atom. The van der Waals surface area contributed by atoms with Gasteiger partial charge in [-0.05, 0) is 30.4 Å². The standard InChI is InChI=1S/C10H10ClNO3/c1-15-9-7(11)4-6(5-2-3-5)8(12-9)10(13)14/h4-5H,2-3H2,1H3,(H,13,14). The van der Waals surface area contributed by atoms with E-state index < -0.39 is 5.97 Å². The molecule has 0 atom stereocenters. The van der Waals surface area contributed by atoms with Gasteiger partial charge in [0.05, 0.1) is 7.11 Å². The minimum Gasteiger partial charge on any atom is -0.480 e. The second-order valence-electron chi connectivity index (χ2n) is 3.50. The van der Waals surface area contributed by atoms with Crippen molar-refractivity contribution in [3.63, 3.8) is 0 Å². The highest BCUT2D eigenvalue weighted by Crippen LogP contribution is 2.43. The van der Waals surface area contributed by atoms with E-state index in [1.165, 1.54) is 7.11 Å². The Bertz CT molecular complexity index is 415. The summed E-state index contributed by atoms with van der Waals surface area (Å²) >= 11 is 5.90. The fourth-order valence-electron chi connectivity index (χ4n) is 1.51. The van der Waals surface area contributed by atoms with Crippen molar-refractivity contribution in [2.24, 2.45) is 0 Å². The number of rotatable bonds is 3. The Balaban J connectivity index is 2.52. The summed E-state index contributed by atoms with van der Waals surface area (Å²) in [5.41, 5.74) is 0.770. The first-order valence-electron chi connectivity index (χ1n) is 4.61. The summed E-state index contributed by atoms with van der Waals surface area (Å²) < 4.78 is 4.88. The quantitative estimate of drug-likeness (QED) is 0.861. The van der Waals surface area contributed by atoms with Crippen LogP contribution in [0.15, 0.2) is 6.07 Å². The number of carbonyl (C=O) groups is 1. The molecule has 1 aliphatic rings. The van der Waals surface area contributed by atoms with Gasteiger partial charge in [-0.25, -0.2) is 9.78 Å². The number of methoxy groups -OCH3 is 1. The lowest BCUT2D eigenvalue weighted by Gasteiger charge is -2.07. The van der Waals surface area contributed by atoms with E-state index in [0.29, 0.717) is 16.5 Å². The lowest BCUT2D eigenvalue weighted by molar-refractivity contribution is 0.0688. The molecular weight excluding hydrogens is 218 g/mol. The second-order valence-corrected chi connectivity index (χ2v) is 3.90. The minimum atomic E-state index is -1.04. The van der Waals surface area contributed by atoms with Crippen LogP contribution in [0.4, 0.5) is 0 Å². The molecule has 1 fully saturated rings. The van der Waals surface area contributed by atoms with E-state index in [0.717, 1.165) is 12.8 Å². The van der Waals surface area contributed by atoms with Crippen LogP contribution in [-0.2, 0) is 0 Å². The van der Waals surface area contributed by atoms with Crippen molar-refractivity contribution in [3.05, 3.63) is 22.3 Å². The number of hydrogen-bond donors (Lipinski definition) is 1. The van der Waals surface area contributed by atoms with Crippen molar-refractivity contribution in [1.82, 2.24) is 4.98 Å². The van der Waals surface area contributed by atoms with Gasteiger partial charge < -0.3 is 9.84 Å². The van der Waals surface area contributed by atoms with E-state index in [9.17, 15) is 4.79 Å². The van der Waals surface area contributed by atoms with E-state index in [1.807, 2.05) is 0 Å². The maximum Gasteiger partial charge on any atom is 0.354 e. The normalized spacial score (nSPS) is 15.1. The van der Waals surface area contributed by atoms with Crippen LogP contribution in [0.2, 0.25) is 5.02 Å². The number of pyridine rings is 1. The first-order chi connectivity index (χ1) is 7.13. The zero-order valence-electron chi connectivity index (χ0n) is 8.16. The average molecular weight is 228 g/mol. The Kier molecular flexibility index (Phi) is 2.52. The number of carboxylic acid groups (broad SMARTS) is 1. The third kappa shape index (κ3) is 1.90. The zero-order chi connectivity index (χ0) is 11.0. The molecule has 80 valence electrons. The Hall–Kier alpha value is -1.29. The number of hydrogen-bond acceptors (Lipinski definition) is 3. The molecule has 0 unspecified atom stereocenters. The van der Waals surface area contributed by atoms with Gasteiger partial charge in [-0.15, -0.1) is 0 Å². The van der Waals surface area contributed by atoms with Crippen LogP contribution in [0.25, 0.3) is 0 Å². The summed E-state index contributed by atoms with van der Waals surface area (Å²) in [6, 6.07) is 1.65. The van der Waals surface area contributed by atoms with Crippen LogP contribution < -0.4 is 4.74 Å². The van der Waals surface area contributed by atoms with Gasteiger partial charge >= 0.3 is 5.97 Å². The summed E-state index contributed by atoms with van der Waals surface area (Å²) in [7, 11) is 1.41. The number of halogens is 1. The molecule has 0 bridgehead atoms. The Labute approximate surface area is 91.8 Å². The minimum absolute atomic E-state index is 0.0544. The average Bonchev–Trinajstić information content (AvgIpc) is 3.00. The molecule has 1 saturated carbocycles. The van der Waals surface area contributed by atoms with Crippen molar-refractivity contribution < 1.29 is 14.6 Å². The number of aromatic carboxylic acids is 1. The molecular formula is C10H10ClNO3. The lowest BCUT2D eigenvalue weighted by Crippen LogP contribution is -2.06. The topological polar surface area (TPSA) is 59.4 Å². The second kappa shape index (κ2) is 3.70. The molecule has 1 aromatic heterocycles. The maximum absolute atomic E-state index is 11.0. The smallest absolute Gasteiger partial charge is 0.354 e. The molecule has 0 saturated heterocycles. The zero-order valence-corrected chi connectivity index (χ0v) is 8.91. The maximum atomic E-state index is 11.0. The molecule has 1 aromatic rings. The van der Waals surface area contributed by atoms with Gasteiger partial charge in [0.1, 0.15) is 5.02 Å². The van der Waals surface area contributed by atoms with Gasteiger partial charge in [0.15, 0.2) is 5.69 Å². The first-order valence-corrected chi connectivity index (χ1v) is 4.99. The van der Waals surface area contributed by atoms with Crippen LogP contribution in [-0.4, -0.2) is 23.2 Å². The summed E-state index contributed by atoms with van der Waals surface area (Å²) in [6.07, 6.45) is 2.01. The molecule has 15 heavy (non-hydrogen) atoms. The number of aromatic nitrogens is 1. The number of ether oxygens (including phenoxy) is 1. The highest BCUT2D eigenvalue weighted by molar-refractivity contribution is 6.32. The molecule has 0 aliphatic heterocycles. The molecule has 5 heteroatoms. The SMILES string of the molecule is COc1nc(C(=O)O)c(C2CC2)cc1Cl. The van der Waals surface area contributed by atoms with Crippen LogP contribution in [0.1, 0.15) is 34.8 Å². The highest BCUT2D eigenvalue weighted by Gasteiger charge is 2.30. The van der Waals surface area contributed by atoms with Gasteiger partial charge in [-0.2, -0.15) is 0 Å². The van der Waals surface area contributed by atoms with Crippen LogP contribution in [0.3, 0.4) is 0 Å². The van der Waals surface area contributed by atoms with Crippen LogP contribution in [0, 0.1) is 0 Å². The molecule has 4 nitrogen and oxygen atoms in total. The predicted molar refractivity (Wildman–Crippen MR) is 54.7 cm³/mol. The largest absolute Gasteiger partial charge is 0.480 e. The predicted octanol–water partition coefficient (Wildman–Crippen LogP) is 2.32. The fraction of sp³-hybridized carbons (Fsp3) is 0.400. The van der Waals surface area contributed by atoms with Crippen molar-refractivity contribution in [3.8, 4) is 5.88 Å². The van der Waals surface area contributed by atoms with Crippen molar-refractivity contribution in [2.75, 3.05) is 7.11 Å². The van der Waals surface area contributed by atoms with E-state index in [2.05, 4.69) is 4.98 Å². The van der Waals surface area contributed by atoms with Crippen LogP contribution >= 0.6 is 11.6 Å². The molecule has 0 aromatic carbocycles. The van der Waals surface area contributed by atoms with E-state index in [4.69, 9.17) is 21.4 Å². The molecule has 1 N–H and O–H groups in total. The van der Waals surface area contributed by atoms with Gasteiger partial charge in [0.2, 0.25) is 5.88 Å². The molecule has 0 radical (unpaired) electrons. The Morgan fingerprint density at radius 2 is 2.33 bits per heavy atom. The Morgan fingerprint density at radius 1 is 1.67 bits per heavy atom.